The fourth-order valence-electron chi connectivity index (χ4n) is 2.27. The molecule has 0 aliphatic rings. The van der Waals surface area contributed by atoms with Crippen LogP contribution in [0, 0.1) is 0 Å². The summed E-state index contributed by atoms with van der Waals surface area (Å²) in [6, 6.07) is 12.6. The van der Waals surface area contributed by atoms with Gasteiger partial charge in [0.25, 0.3) is 0 Å². The quantitative estimate of drug-likeness (QED) is 0.744. The molecule has 0 saturated carbocycles. The summed E-state index contributed by atoms with van der Waals surface area (Å²) in [6.07, 6.45) is -4.38. The third-order valence-corrected chi connectivity index (χ3v) is 3.51. The SMILES string of the molecule is O=C(O)c1cccc(-c2cc(-c3ccc(C(F)(F)F)cc3)[nH]n2)c1. The van der Waals surface area contributed by atoms with Crippen molar-refractivity contribution in [3.63, 3.8) is 0 Å². The van der Waals surface area contributed by atoms with Gasteiger partial charge in [-0.05, 0) is 35.9 Å². The van der Waals surface area contributed by atoms with Crippen molar-refractivity contribution in [1.29, 1.82) is 0 Å². The molecule has 0 radical (unpaired) electrons. The molecule has 0 spiro atoms. The van der Waals surface area contributed by atoms with Crippen LogP contribution in [0.5, 0.6) is 0 Å². The van der Waals surface area contributed by atoms with Gasteiger partial charge in [-0.25, -0.2) is 4.79 Å². The number of benzene rings is 2. The molecule has 1 aromatic heterocycles. The Kier molecular flexibility index (Phi) is 3.84. The molecular weight excluding hydrogens is 321 g/mol. The molecule has 0 atom stereocenters. The Hall–Kier alpha value is -3.09. The number of alkyl halides is 3. The Labute approximate surface area is 134 Å². The highest BCUT2D eigenvalue weighted by Gasteiger charge is 2.30. The zero-order valence-corrected chi connectivity index (χ0v) is 12.1. The number of nitrogens with one attached hydrogen (secondary N) is 1. The summed E-state index contributed by atoms with van der Waals surface area (Å²) in [5.41, 5.74) is 1.61. The molecule has 2 aromatic carbocycles. The first-order valence-electron chi connectivity index (χ1n) is 6.91. The number of carboxylic acid groups (broad SMARTS) is 1. The normalized spacial score (nSPS) is 11.5. The van der Waals surface area contributed by atoms with Crippen molar-refractivity contribution in [1.82, 2.24) is 10.2 Å². The fourth-order valence-corrected chi connectivity index (χ4v) is 2.27. The third-order valence-electron chi connectivity index (χ3n) is 3.51. The average Bonchev–Trinajstić information content (AvgIpc) is 3.04. The molecule has 1 heterocycles. The number of hydrogen-bond acceptors (Lipinski definition) is 2. The van der Waals surface area contributed by atoms with Crippen LogP contribution in [0.25, 0.3) is 22.5 Å². The van der Waals surface area contributed by atoms with E-state index < -0.39 is 17.7 Å². The van der Waals surface area contributed by atoms with Crippen LogP contribution in [0.1, 0.15) is 15.9 Å². The highest BCUT2D eigenvalue weighted by atomic mass is 19.4. The number of carboxylic acids is 1. The van der Waals surface area contributed by atoms with Crippen LogP contribution in [0.15, 0.2) is 54.6 Å². The Bertz CT molecular complexity index is 883. The first-order chi connectivity index (χ1) is 11.3. The molecule has 3 rings (SSSR count). The van der Waals surface area contributed by atoms with E-state index in [1.807, 2.05) is 0 Å². The number of aromatic amines is 1. The van der Waals surface area contributed by atoms with E-state index >= 15 is 0 Å². The lowest BCUT2D eigenvalue weighted by molar-refractivity contribution is -0.137. The minimum absolute atomic E-state index is 0.131. The van der Waals surface area contributed by atoms with Crippen molar-refractivity contribution in [3.05, 3.63) is 65.7 Å². The minimum atomic E-state index is -4.38. The maximum absolute atomic E-state index is 12.6. The molecule has 0 bridgehead atoms. The van der Waals surface area contributed by atoms with Gasteiger partial charge in [-0.3, -0.25) is 5.10 Å². The van der Waals surface area contributed by atoms with Crippen molar-refractivity contribution in [2.24, 2.45) is 0 Å². The van der Waals surface area contributed by atoms with Crippen LogP contribution in [0.3, 0.4) is 0 Å². The highest BCUT2D eigenvalue weighted by Crippen LogP contribution is 2.31. The molecule has 0 aliphatic carbocycles. The van der Waals surface area contributed by atoms with Gasteiger partial charge < -0.3 is 5.11 Å². The van der Waals surface area contributed by atoms with Gasteiger partial charge in [-0.1, -0.05) is 24.3 Å². The summed E-state index contributed by atoms with van der Waals surface area (Å²) in [4.78, 5) is 11.0. The smallest absolute Gasteiger partial charge is 0.416 e. The van der Waals surface area contributed by atoms with Crippen LogP contribution in [0.4, 0.5) is 13.2 Å². The van der Waals surface area contributed by atoms with Gasteiger partial charge in [0.15, 0.2) is 0 Å². The lowest BCUT2D eigenvalue weighted by Crippen LogP contribution is -2.03. The van der Waals surface area contributed by atoms with Crippen LogP contribution in [0.2, 0.25) is 0 Å². The van der Waals surface area contributed by atoms with E-state index in [-0.39, 0.29) is 5.56 Å². The molecule has 0 saturated heterocycles. The van der Waals surface area contributed by atoms with Crippen LogP contribution >= 0.6 is 0 Å². The second-order valence-electron chi connectivity index (χ2n) is 5.13. The first-order valence-corrected chi connectivity index (χ1v) is 6.91. The summed E-state index contributed by atoms with van der Waals surface area (Å²) in [6.45, 7) is 0. The second-order valence-corrected chi connectivity index (χ2v) is 5.13. The summed E-state index contributed by atoms with van der Waals surface area (Å²) < 4.78 is 37.7. The van der Waals surface area contributed by atoms with Gasteiger partial charge in [0.2, 0.25) is 0 Å². The number of H-pyrrole nitrogens is 1. The number of carbonyl (C=O) groups is 1. The lowest BCUT2D eigenvalue weighted by Gasteiger charge is -2.06. The molecular formula is C17H11F3N2O2. The first kappa shape index (κ1) is 15.8. The number of hydrogen-bond donors (Lipinski definition) is 2. The van der Waals surface area contributed by atoms with E-state index in [4.69, 9.17) is 5.11 Å². The topological polar surface area (TPSA) is 66.0 Å². The number of nitrogens with zero attached hydrogens (tertiary/aromatic N) is 1. The summed E-state index contributed by atoms with van der Waals surface area (Å²) >= 11 is 0. The van der Waals surface area contributed by atoms with Crippen molar-refractivity contribution in [3.8, 4) is 22.5 Å². The Morgan fingerprint density at radius 3 is 2.33 bits per heavy atom. The Balaban J connectivity index is 1.91. The molecule has 122 valence electrons. The zero-order valence-electron chi connectivity index (χ0n) is 12.1. The van der Waals surface area contributed by atoms with E-state index in [2.05, 4.69) is 10.2 Å². The standard InChI is InChI=1S/C17H11F3N2O2/c18-17(19,20)13-6-4-10(5-7-13)14-9-15(22-21-14)11-2-1-3-12(8-11)16(23)24/h1-9H,(H,21,22)(H,23,24). The van der Waals surface area contributed by atoms with Gasteiger partial charge in [-0.15, -0.1) is 0 Å². The number of halogens is 3. The average molecular weight is 332 g/mol. The van der Waals surface area contributed by atoms with Crippen LogP contribution in [-0.2, 0) is 6.18 Å². The highest BCUT2D eigenvalue weighted by molar-refractivity contribution is 5.89. The van der Waals surface area contributed by atoms with Crippen molar-refractivity contribution in [2.45, 2.75) is 6.18 Å². The molecule has 24 heavy (non-hydrogen) atoms. The summed E-state index contributed by atoms with van der Waals surface area (Å²) in [5.74, 6) is -1.05. The van der Waals surface area contributed by atoms with Gasteiger partial charge in [0.1, 0.15) is 0 Å². The van der Waals surface area contributed by atoms with Crippen molar-refractivity contribution in [2.75, 3.05) is 0 Å². The molecule has 0 fully saturated rings. The fraction of sp³-hybridized carbons (Fsp3) is 0.0588. The monoisotopic (exact) mass is 332 g/mol. The number of aromatic nitrogens is 2. The number of rotatable bonds is 3. The molecule has 4 nitrogen and oxygen atoms in total. The van der Waals surface area contributed by atoms with E-state index in [1.54, 1.807) is 18.2 Å². The molecule has 7 heteroatoms. The van der Waals surface area contributed by atoms with E-state index in [1.165, 1.54) is 24.3 Å². The maximum atomic E-state index is 12.6. The van der Waals surface area contributed by atoms with Gasteiger partial charge in [0.05, 0.1) is 22.5 Å². The summed E-state index contributed by atoms with van der Waals surface area (Å²) in [5, 5.41) is 15.9. The van der Waals surface area contributed by atoms with Crippen LogP contribution in [-0.4, -0.2) is 21.3 Å². The lowest BCUT2D eigenvalue weighted by atomic mass is 10.1. The summed E-state index contributed by atoms with van der Waals surface area (Å²) in [7, 11) is 0. The van der Waals surface area contributed by atoms with E-state index in [0.717, 1.165) is 12.1 Å². The third kappa shape index (κ3) is 3.15. The zero-order chi connectivity index (χ0) is 17.3. The molecule has 2 N–H and O–H groups in total. The molecule has 0 amide bonds. The van der Waals surface area contributed by atoms with Crippen molar-refractivity contribution >= 4 is 5.97 Å². The predicted octanol–water partition coefficient (Wildman–Crippen LogP) is 4.46. The van der Waals surface area contributed by atoms with E-state index in [0.29, 0.717) is 22.5 Å². The van der Waals surface area contributed by atoms with Crippen LogP contribution < -0.4 is 0 Å². The Morgan fingerprint density at radius 1 is 1.00 bits per heavy atom. The predicted molar refractivity (Wildman–Crippen MR) is 81.4 cm³/mol. The number of aromatic carboxylic acids is 1. The van der Waals surface area contributed by atoms with Gasteiger partial charge >= 0.3 is 12.1 Å². The molecule has 0 unspecified atom stereocenters. The maximum Gasteiger partial charge on any atom is 0.416 e. The Morgan fingerprint density at radius 2 is 1.71 bits per heavy atom. The molecule has 0 aliphatic heterocycles. The largest absolute Gasteiger partial charge is 0.478 e. The van der Waals surface area contributed by atoms with Gasteiger partial charge in [-0.2, -0.15) is 18.3 Å². The van der Waals surface area contributed by atoms with Gasteiger partial charge in [0, 0.05) is 5.56 Å². The molecule has 3 aromatic rings. The van der Waals surface area contributed by atoms with E-state index in [9.17, 15) is 18.0 Å². The second kappa shape index (κ2) is 5.84. The van der Waals surface area contributed by atoms with Crippen molar-refractivity contribution < 1.29 is 23.1 Å². The minimum Gasteiger partial charge on any atom is -0.478 e.